The summed E-state index contributed by atoms with van der Waals surface area (Å²) in [6, 6.07) is 8.00. The molecule has 4 rings (SSSR count). The Morgan fingerprint density at radius 3 is 2.62 bits per heavy atom. The standard InChI is InChI=1S/C20H25N7OS/c1-3-16-13(2)22-19(21)27-18(16)24-25-20(27)29-12-17(28)23-14-6-8-15(9-7-14)26-10-4-5-11-26/h6-9H,3-5,10-12H2,1-2H3,(H2,21,22)(H,23,28). The lowest BCUT2D eigenvalue weighted by atomic mass is 10.2. The number of hydrogen-bond acceptors (Lipinski definition) is 7. The molecule has 1 amide bonds. The highest BCUT2D eigenvalue weighted by Gasteiger charge is 2.17. The van der Waals surface area contributed by atoms with E-state index in [-0.39, 0.29) is 11.7 Å². The average molecular weight is 412 g/mol. The van der Waals surface area contributed by atoms with Gasteiger partial charge in [0.1, 0.15) is 0 Å². The van der Waals surface area contributed by atoms with E-state index in [9.17, 15) is 4.79 Å². The van der Waals surface area contributed by atoms with Crippen LogP contribution in [0.5, 0.6) is 0 Å². The molecule has 2 aromatic heterocycles. The van der Waals surface area contributed by atoms with Crippen molar-refractivity contribution in [3.63, 3.8) is 0 Å². The van der Waals surface area contributed by atoms with Crippen LogP contribution in [0, 0.1) is 6.92 Å². The maximum atomic E-state index is 12.4. The van der Waals surface area contributed by atoms with Crippen molar-refractivity contribution in [1.29, 1.82) is 0 Å². The molecule has 3 N–H and O–H groups in total. The van der Waals surface area contributed by atoms with E-state index in [0.717, 1.165) is 36.5 Å². The number of fused-ring (bicyclic) bond motifs is 1. The predicted octanol–water partition coefficient (Wildman–Crippen LogP) is 2.91. The van der Waals surface area contributed by atoms with Crippen LogP contribution < -0.4 is 16.0 Å². The summed E-state index contributed by atoms with van der Waals surface area (Å²) < 4.78 is 1.72. The van der Waals surface area contributed by atoms with E-state index in [1.807, 2.05) is 26.0 Å². The Hall–Kier alpha value is -2.81. The average Bonchev–Trinajstić information content (AvgIpc) is 3.38. The normalized spacial score (nSPS) is 13.9. The van der Waals surface area contributed by atoms with Gasteiger partial charge in [-0.1, -0.05) is 18.7 Å². The molecule has 1 fully saturated rings. The number of carbonyl (C=O) groups excluding carboxylic acids is 1. The molecule has 0 spiro atoms. The van der Waals surface area contributed by atoms with E-state index in [1.165, 1.54) is 30.3 Å². The fourth-order valence-electron chi connectivity index (χ4n) is 3.69. The monoisotopic (exact) mass is 411 g/mol. The molecule has 1 aliphatic heterocycles. The molecule has 1 aliphatic rings. The highest BCUT2D eigenvalue weighted by atomic mass is 32.2. The minimum absolute atomic E-state index is 0.102. The van der Waals surface area contributed by atoms with Gasteiger partial charge in [0, 0.05) is 35.7 Å². The van der Waals surface area contributed by atoms with E-state index < -0.39 is 0 Å². The van der Waals surface area contributed by atoms with Crippen molar-refractivity contribution >= 4 is 40.6 Å². The maximum Gasteiger partial charge on any atom is 0.234 e. The van der Waals surface area contributed by atoms with Crippen LogP contribution in [0.15, 0.2) is 29.4 Å². The second-order valence-corrected chi connectivity index (χ2v) is 8.05. The summed E-state index contributed by atoms with van der Waals surface area (Å²) in [4.78, 5) is 19.1. The molecule has 0 unspecified atom stereocenters. The molecule has 8 nitrogen and oxygen atoms in total. The van der Waals surface area contributed by atoms with Crippen molar-refractivity contribution in [2.75, 3.05) is 34.8 Å². The second kappa shape index (κ2) is 8.28. The molecule has 0 aliphatic carbocycles. The number of hydrogen-bond donors (Lipinski definition) is 2. The Kier molecular flexibility index (Phi) is 5.57. The molecule has 0 bridgehead atoms. The number of amides is 1. The third kappa shape index (κ3) is 4.00. The number of nitrogens with two attached hydrogens (primary N) is 1. The highest BCUT2D eigenvalue weighted by Crippen LogP contribution is 2.25. The summed E-state index contributed by atoms with van der Waals surface area (Å²) in [5.74, 6) is 0.443. The largest absolute Gasteiger partial charge is 0.372 e. The second-order valence-electron chi connectivity index (χ2n) is 7.11. The van der Waals surface area contributed by atoms with Crippen LogP contribution >= 0.6 is 11.8 Å². The molecule has 0 radical (unpaired) electrons. The van der Waals surface area contributed by atoms with E-state index in [2.05, 4.69) is 37.5 Å². The number of anilines is 3. The number of benzene rings is 1. The third-order valence-electron chi connectivity index (χ3n) is 5.16. The summed E-state index contributed by atoms with van der Waals surface area (Å²) in [6.45, 7) is 6.17. The minimum Gasteiger partial charge on any atom is -0.372 e. The lowest BCUT2D eigenvalue weighted by Crippen LogP contribution is -2.18. The van der Waals surface area contributed by atoms with Gasteiger partial charge < -0.3 is 16.0 Å². The van der Waals surface area contributed by atoms with Crippen molar-refractivity contribution in [3.8, 4) is 0 Å². The van der Waals surface area contributed by atoms with Gasteiger partial charge in [0.05, 0.1) is 5.75 Å². The third-order valence-corrected chi connectivity index (χ3v) is 6.09. The molecular formula is C20H25N7OS. The number of nitrogens with zero attached hydrogens (tertiary/aromatic N) is 5. The number of thioether (sulfide) groups is 1. The summed E-state index contributed by atoms with van der Waals surface area (Å²) >= 11 is 1.30. The van der Waals surface area contributed by atoms with Crippen LogP contribution in [-0.4, -0.2) is 44.3 Å². The van der Waals surface area contributed by atoms with Crippen molar-refractivity contribution < 1.29 is 4.79 Å². The molecule has 9 heteroatoms. The summed E-state index contributed by atoms with van der Waals surface area (Å²) in [5, 5.41) is 12.0. The van der Waals surface area contributed by atoms with Crippen LogP contribution in [-0.2, 0) is 11.2 Å². The van der Waals surface area contributed by atoms with E-state index in [0.29, 0.717) is 16.8 Å². The SMILES string of the molecule is CCc1c(C)nc(N)n2c(SCC(=O)Nc3ccc(N4CCCC4)cc3)nnc12. The molecule has 3 heterocycles. The first-order valence-electron chi connectivity index (χ1n) is 9.84. The topological polar surface area (TPSA) is 101 Å². The first-order chi connectivity index (χ1) is 14.1. The zero-order valence-electron chi connectivity index (χ0n) is 16.7. The molecule has 1 saturated heterocycles. The molecule has 29 heavy (non-hydrogen) atoms. The number of carbonyl (C=O) groups is 1. The van der Waals surface area contributed by atoms with E-state index >= 15 is 0 Å². The molecule has 152 valence electrons. The molecule has 1 aromatic carbocycles. The van der Waals surface area contributed by atoms with Gasteiger partial charge in [0.25, 0.3) is 0 Å². The Balaban J connectivity index is 1.41. The fourth-order valence-corrected chi connectivity index (χ4v) is 4.43. The Labute approximate surface area is 173 Å². The van der Waals surface area contributed by atoms with Crippen molar-refractivity contribution in [3.05, 3.63) is 35.5 Å². The Bertz CT molecular complexity index is 1030. The quantitative estimate of drug-likeness (QED) is 0.601. The highest BCUT2D eigenvalue weighted by molar-refractivity contribution is 7.99. The van der Waals surface area contributed by atoms with Gasteiger partial charge in [-0.3, -0.25) is 4.79 Å². The van der Waals surface area contributed by atoms with Gasteiger partial charge in [0.15, 0.2) is 10.8 Å². The number of aromatic nitrogens is 4. The van der Waals surface area contributed by atoms with E-state index in [1.54, 1.807) is 4.40 Å². The zero-order chi connectivity index (χ0) is 20.4. The molecule has 3 aromatic rings. The minimum atomic E-state index is -0.102. The van der Waals surface area contributed by atoms with Gasteiger partial charge >= 0.3 is 0 Å². The maximum absolute atomic E-state index is 12.4. The van der Waals surface area contributed by atoms with Crippen molar-refractivity contribution in [1.82, 2.24) is 19.6 Å². The number of nitrogens with one attached hydrogen (secondary N) is 1. The molecule has 0 saturated carbocycles. The van der Waals surface area contributed by atoms with Crippen LogP contribution in [0.25, 0.3) is 5.65 Å². The first-order valence-corrected chi connectivity index (χ1v) is 10.8. The van der Waals surface area contributed by atoms with Crippen LogP contribution in [0.1, 0.15) is 31.0 Å². The van der Waals surface area contributed by atoms with Gasteiger partial charge in [-0.05, 0) is 50.5 Å². The Morgan fingerprint density at radius 1 is 1.21 bits per heavy atom. The predicted molar refractivity (Wildman–Crippen MR) is 117 cm³/mol. The fraction of sp³-hybridized carbons (Fsp3) is 0.400. The summed E-state index contributed by atoms with van der Waals surface area (Å²) in [6.07, 6.45) is 3.28. The smallest absolute Gasteiger partial charge is 0.234 e. The van der Waals surface area contributed by atoms with E-state index in [4.69, 9.17) is 5.73 Å². The van der Waals surface area contributed by atoms with Gasteiger partial charge in [0.2, 0.25) is 11.9 Å². The molecular weight excluding hydrogens is 386 g/mol. The van der Waals surface area contributed by atoms with Crippen molar-refractivity contribution in [2.45, 2.75) is 38.3 Å². The number of nitrogen functional groups attached to an aromatic ring is 1. The zero-order valence-corrected chi connectivity index (χ0v) is 17.5. The molecule has 0 atom stereocenters. The van der Waals surface area contributed by atoms with Crippen LogP contribution in [0.4, 0.5) is 17.3 Å². The Morgan fingerprint density at radius 2 is 1.93 bits per heavy atom. The summed E-state index contributed by atoms with van der Waals surface area (Å²) in [5.41, 5.74) is 10.6. The van der Waals surface area contributed by atoms with Gasteiger partial charge in [-0.25, -0.2) is 9.38 Å². The van der Waals surface area contributed by atoms with Crippen LogP contribution in [0.2, 0.25) is 0 Å². The lowest BCUT2D eigenvalue weighted by molar-refractivity contribution is -0.113. The first kappa shape index (κ1) is 19.5. The summed E-state index contributed by atoms with van der Waals surface area (Å²) in [7, 11) is 0. The number of aryl methyl sites for hydroxylation is 2. The van der Waals surface area contributed by atoms with Gasteiger partial charge in [-0.15, -0.1) is 10.2 Å². The number of rotatable bonds is 6. The van der Waals surface area contributed by atoms with Crippen LogP contribution in [0.3, 0.4) is 0 Å². The van der Waals surface area contributed by atoms with Crippen molar-refractivity contribution in [2.24, 2.45) is 0 Å². The lowest BCUT2D eigenvalue weighted by Gasteiger charge is -2.17. The van der Waals surface area contributed by atoms with Gasteiger partial charge in [-0.2, -0.15) is 0 Å².